The van der Waals surface area contributed by atoms with E-state index in [9.17, 15) is 18.0 Å². The van der Waals surface area contributed by atoms with Gasteiger partial charge in [-0.3, -0.25) is 4.79 Å². The molecule has 0 aliphatic heterocycles. The van der Waals surface area contributed by atoms with Gasteiger partial charge in [-0.2, -0.15) is 13.2 Å². The zero-order valence-corrected chi connectivity index (χ0v) is 14.1. The van der Waals surface area contributed by atoms with Crippen LogP contribution < -0.4 is 16.2 Å². The lowest BCUT2D eigenvalue weighted by Gasteiger charge is -2.13. The second-order valence-corrected chi connectivity index (χ2v) is 4.91. The van der Waals surface area contributed by atoms with Crippen LogP contribution in [0.3, 0.4) is 0 Å². The fourth-order valence-corrected chi connectivity index (χ4v) is 1.24. The fourth-order valence-electron chi connectivity index (χ4n) is 1.24. The van der Waals surface area contributed by atoms with Crippen molar-refractivity contribution in [2.24, 2.45) is 11.5 Å². The number of carboxylic acid groups (broad SMARTS) is 2. The molecule has 1 aromatic carbocycles. The summed E-state index contributed by atoms with van der Waals surface area (Å²) in [5.41, 5.74) is 12.5. The monoisotopic (exact) mass is 368 g/mol. The van der Waals surface area contributed by atoms with Crippen LogP contribution in [0.15, 0.2) is 18.2 Å². The Balaban J connectivity index is 0. The molecule has 25 heavy (non-hydrogen) atoms. The number of hydrogen-bond acceptors (Lipinski definition) is 5. The molecular weight excluding hydrogens is 345 g/mol. The highest BCUT2D eigenvalue weighted by molar-refractivity contribution is 5.73. The highest BCUT2D eigenvalue weighted by Gasteiger charge is 2.38. The maximum atomic E-state index is 10.6. The van der Waals surface area contributed by atoms with E-state index >= 15 is 0 Å². The lowest BCUT2D eigenvalue weighted by atomic mass is 10.1. The zero-order chi connectivity index (χ0) is 20.2. The average molecular weight is 368 g/mol. The predicted molar refractivity (Wildman–Crippen MR) is 85.4 cm³/mol. The van der Waals surface area contributed by atoms with Crippen molar-refractivity contribution in [1.82, 2.24) is 0 Å². The Labute approximate surface area is 143 Å². The van der Waals surface area contributed by atoms with Crippen LogP contribution >= 0.6 is 0 Å². The van der Waals surface area contributed by atoms with Gasteiger partial charge < -0.3 is 26.4 Å². The van der Waals surface area contributed by atoms with Gasteiger partial charge in [-0.15, -0.1) is 0 Å². The summed E-state index contributed by atoms with van der Waals surface area (Å²) in [7, 11) is 0. The number of nitrogens with two attached hydrogens (primary N) is 2. The number of carbonyl (C=O) groups is 2. The molecule has 1 rings (SSSR count). The van der Waals surface area contributed by atoms with Crippen molar-refractivity contribution in [3.63, 3.8) is 0 Å². The lowest BCUT2D eigenvalue weighted by molar-refractivity contribution is -0.192. The van der Waals surface area contributed by atoms with Crippen LogP contribution in [-0.2, 0) is 9.59 Å². The number of benzene rings is 1. The first kappa shape index (κ1) is 24.9. The van der Waals surface area contributed by atoms with Crippen LogP contribution in [0.1, 0.15) is 18.1 Å². The molecule has 0 fully saturated rings. The second-order valence-electron chi connectivity index (χ2n) is 4.91. The first-order valence-electron chi connectivity index (χ1n) is 6.99. The van der Waals surface area contributed by atoms with Crippen molar-refractivity contribution in [3.8, 4) is 5.75 Å². The van der Waals surface area contributed by atoms with E-state index in [1.807, 2.05) is 39.0 Å². The van der Waals surface area contributed by atoms with Gasteiger partial charge in [0, 0.05) is 6.04 Å². The molecule has 0 aliphatic carbocycles. The summed E-state index contributed by atoms with van der Waals surface area (Å²) in [6, 6.07) is 6.20. The molecule has 144 valence electrons. The van der Waals surface area contributed by atoms with Gasteiger partial charge in [0.25, 0.3) is 0 Å². The molecular formula is C15H23F3N2O5. The van der Waals surface area contributed by atoms with E-state index in [1.165, 1.54) is 11.1 Å². The van der Waals surface area contributed by atoms with Crippen LogP contribution in [0.4, 0.5) is 13.2 Å². The van der Waals surface area contributed by atoms with Crippen molar-refractivity contribution >= 4 is 11.9 Å². The Morgan fingerprint density at radius 2 is 1.56 bits per heavy atom. The average Bonchev–Trinajstić information content (AvgIpc) is 2.46. The molecule has 10 heteroatoms. The second kappa shape index (κ2) is 12.1. The molecule has 0 amide bonds. The smallest absolute Gasteiger partial charge is 0.490 e. The quantitative estimate of drug-likeness (QED) is 0.635. The molecule has 0 aliphatic rings. The van der Waals surface area contributed by atoms with Gasteiger partial charge in [-0.1, -0.05) is 18.2 Å². The van der Waals surface area contributed by atoms with Crippen molar-refractivity contribution in [3.05, 3.63) is 29.3 Å². The molecule has 0 saturated carbocycles. The van der Waals surface area contributed by atoms with E-state index in [-0.39, 0.29) is 12.6 Å². The highest BCUT2D eigenvalue weighted by atomic mass is 19.4. The molecule has 0 saturated heterocycles. The first-order chi connectivity index (χ1) is 11.3. The van der Waals surface area contributed by atoms with Crippen molar-refractivity contribution < 1.29 is 37.7 Å². The summed E-state index contributed by atoms with van der Waals surface area (Å²) in [6.07, 6.45) is -5.08. The van der Waals surface area contributed by atoms with E-state index < -0.39 is 18.1 Å². The highest BCUT2D eigenvalue weighted by Crippen LogP contribution is 2.22. The number of alkyl halides is 3. The Kier molecular flexibility index (Phi) is 12.1. The molecule has 1 aromatic rings. The van der Waals surface area contributed by atoms with Gasteiger partial charge in [0.2, 0.25) is 0 Å². The van der Waals surface area contributed by atoms with E-state index in [2.05, 4.69) is 5.73 Å². The number of aryl methyl sites for hydroxylation is 2. The van der Waals surface area contributed by atoms with Crippen LogP contribution in [-0.4, -0.2) is 47.5 Å². The van der Waals surface area contributed by atoms with Gasteiger partial charge in [0.1, 0.15) is 12.4 Å². The van der Waals surface area contributed by atoms with Gasteiger partial charge in [0.15, 0.2) is 0 Å². The normalized spacial score (nSPS) is 11.2. The van der Waals surface area contributed by atoms with Crippen molar-refractivity contribution in [1.29, 1.82) is 0 Å². The molecule has 0 bridgehead atoms. The lowest BCUT2D eigenvalue weighted by Crippen LogP contribution is -2.24. The Bertz CT molecular complexity index is 528. The van der Waals surface area contributed by atoms with Gasteiger partial charge in [-0.25, -0.2) is 4.79 Å². The number of halogens is 3. The van der Waals surface area contributed by atoms with Crippen LogP contribution in [0.5, 0.6) is 5.75 Å². The topological polar surface area (TPSA) is 136 Å². The summed E-state index contributed by atoms with van der Waals surface area (Å²) in [5, 5.41) is 14.7. The molecule has 0 radical (unpaired) electrons. The van der Waals surface area contributed by atoms with E-state index in [0.717, 1.165) is 5.75 Å². The number of aliphatic carboxylic acids is 2. The SMILES string of the molecule is Cc1cccc(C)c1OCC(C)N.NCC(=O)O.O=C(O)C(F)(F)F. The van der Waals surface area contributed by atoms with E-state index in [0.29, 0.717) is 6.61 Å². The van der Waals surface area contributed by atoms with Gasteiger partial charge in [0.05, 0.1) is 6.54 Å². The number of para-hydroxylation sites is 1. The third-order valence-electron chi connectivity index (χ3n) is 2.32. The van der Waals surface area contributed by atoms with Crippen molar-refractivity contribution in [2.75, 3.05) is 13.2 Å². The Morgan fingerprint density at radius 3 is 1.80 bits per heavy atom. The Morgan fingerprint density at radius 1 is 1.20 bits per heavy atom. The fraction of sp³-hybridized carbons (Fsp3) is 0.467. The predicted octanol–water partition coefficient (Wildman–Crippen LogP) is 1.69. The van der Waals surface area contributed by atoms with E-state index in [1.54, 1.807) is 0 Å². The molecule has 0 aromatic heterocycles. The minimum absolute atomic E-state index is 0.0824. The third kappa shape index (κ3) is 13.8. The molecule has 1 unspecified atom stereocenters. The van der Waals surface area contributed by atoms with Gasteiger partial charge >= 0.3 is 18.1 Å². The van der Waals surface area contributed by atoms with Crippen LogP contribution in [0, 0.1) is 13.8 Å². The molecule has 0 spiro atoms. The summed E-state index contributed by atoms with van der Waals surface area (Å²) in [6.45, 7) is 6.33. The Hall–Kier alpha value is -2.33. The number of rotatable bonds is 4. The first-order valence-corrected chi connectivity index (χ1v) is 6.99. The van der Waals surface area contributed by atoms with E-state index in [4.69, 9.17) is 25.5 Å². The molecule has 7 nitrogen and oxygen atoms in total. The van der Waals surface area contributed by atoms with Crippen LogP contribution in [0.25, 0.3) is 0 Å². The minimum Gasteiger partial charge on any atom is -0.491 e. The largest absolute Gasteiger partial charge is 0.491 e. The number of ether oxygens (including phenoxy) is 1. The third-order valence-corrected chi connectivity index (χ3v) is 2.32. The maximum Gasteiger partial charge on any atom is 0.490 e. The molecule has 0 heterocycles. The van der Waals surface area contributed by atoms with Crippen molar-refractivity contribution in [2.45, 2.75) is 33.0 Å². The molecule has 6 N–H and O–H groups in total. The van der Waals surface area contributed by atoms with Gasteiger partial charge in [-0.05, 0) is 31.9 Å². The summed E-state index contributed by atoms with van der Waals surface area (Å²) in [5.74, 6) is -2.75. The molecule has 1 atom stereocenters. The minimum atomic E-state index is -5.08. The maximum absolute atomic E-state index is 10.6. The summed E-state index contributed by atoms with van der Waals surface area (Å²) < 4.78 is 37.3. The summed E-state index contributed by atoms with van der Waals surface area (Å²) in [4.78, 5) is 18.1. The van der Waals surface area contributed by atoms with Crippen LogP contribution in [0.2, 0.25) is 0 Å². The summed E-state index contributed by atoms with van der Waals surface area (Å²) >= 11 is 0. The zero-order valence-electron chi connectivity index (χ0n) is 14.1. The number of carboxylic acids is 2. The standard InChI is InChI=1S/C11H17NO.C2HF3O2.C2H5NO2/c1-8-5-4-6-9(2)11(8)13-7-10(3)12;3-2(4,5)1(6)7;3-1-2(4)5/h4-6,10H,7,12H2,1-3H3;(H,6,7);1,3H2,(H,4,5). The number of hydrogen-bond donors (Lipinski definition) is 4.